The number of fused-ring (bicyclic) bond motifs is 1. The minimum Gasteiger partial charge on any atom is -0.329 e. The van der Waals surface area contributed by atoms with Crippen molar-refractivity contribution in [2.45, 2.75) is 13.0 Å². The van der Waals surface area contributed by atoms with Crippen LogP contribution in [0.1, 0.15) is 34.5 Å². The van der Waals surface area contributed by atoms with Crippen LogP contribution in [0.5, 0.6) is 0 Å². The Morgan fingerprint density at radius 3 is 2.50 bits per heavy atom. The standard InChI is InChI=1S/C18H14F2N2O2/c1-9(21)10-5-6-14(16(20)15(10)19)17(23)12-3-2-4-13-11(12)7-8-22-18(13)24/h2-9H,21H2,1H3,(H,22,24). The zero-order chi connectivity index (χ0) is 17.4. The van der Waals surface area contributed by atoms with Gasteiger partial charge in [0, 0.05) is 28.8 Å². The molecule has 3 aromatic rings. The van der Waals surface area contributed by atoms with Gasteiger partial charge < -0.3 is 10.7 Å². The number of hydrogen-bond donors (Lipinski definition) is 2. The number of aromatic amines is 1. The number of benzene rings is 2. The number of carbonyl (C=O) groups excluding carboxylic acids is 1. The van der Waals surface area contributed by atoms with Crippen molar-refractivity contribution >= 4 is 16.6 Å². The zero-order valence-electron chi connectivity index (χ0n) is 12.8. The van der Waals surface area contributed by atoms with E-state index in [1.807, 2.05) is 0 Å². The van der Waals surface area contributed by atoms with Crippen LogP contribution in [0.2, 0.25) is 0 Å². The molecule has 0 saturated carbocycles. The minimum absolute atomic E-state index is 0.00147. The minimum atomic E-state index is -1.24. The summed E-state index contributed by atoms with van der Waals surface area (Å²) in [5.41, 5.74) is 4.95. The largest absolute Gasteiger partial charge is 0.329 e. The molecule has 1 unspecified atom stereocenters. The van der Waals surface area contributed by atoms with Gasteiger partial charge in [0.05, 0.1) is 5.56 Å². The average Bonchev–Trinajstić information content (AvgIpc) is 2.56. The third-order valence-electron chi connectivity index (χ3n) is 3.91. The van der Waals surface area contributed by atoms with Crippen LogP contribution in [-0.2, 0) is 0 Å². The van der Waals surface area contributed by atoms with E-state index in [-0.39, 0.29) is 16.7 Å². The number of rotatable bonds is 3. The van der Waals surface area contributed by atoms with Gasteiger partial charge in [-0.2, -0.15) is 0 Å². The molecule has 0 aliphatic heterocycles. The van der Waals surface area contributed by atoms with E-state index in [1.165, 1.54) is 37.4 Å². The smallest absolute Gasteiger partial charge is 0.255 e. The van der Waals surface area contributed by atoms with Crippen LogP contribution in [0.3, 0.4) is 0 Å². The molecule has 0 bridgehead atoms. The molecule has 1 aromatic heterocycles. The lowest BCUT2D eigenvalue weighted by Gasteiger charge is -2.11. The summed E-state index contributed by atoms with van der Waals surface area (Å²) >= 11 is 0. The Bertz CT molecular complexity index is 1010. The number of halogens is 2. The molecule has 6 heteroatoms. The van der Waals surface area contributed by atoms with Crippen molar-refractivity contribution < 1.29 is 13.6 Å². The molecule has 1 heterocycles. The van der Waals surface area contributed by atoms with Crippen LogP contribution in [-0.4, -0.2) is 10.8 Å². The number of H-pyrrole nitrogens is 1. The molecule has 122 valence electrons. The third-order valence-corrected chi connectivity index (χ3v) is 3.91. The molecule has 0 radical (unpaired) electrons. The average molecular weight is 328 g/mol. The topological polar surface area (TPSA) is 76.0 Å². The molecule has 24 heavy (non-hydrogen) atoms. The van der Waals surface area contributed by atoms with Gasteiger partial charge in [0.15, 0.2) is 17.4 Å². The summed E-state index contributed by atoms with van der Waals surface area (Å²) in [4.78, 5) is 27.0. The van der Waals surface area contributed by atoms with Crippen LogP contribution in [0, 0.1) is 11.6 Å². The molecule has 0 aliphatic carbocycles. The van der Waals surface area contributed by atoms with Gasteiger partial charge in [-0.25, -0.2) is 8.78 Å². The van der Waals surface area contributed by atoms with Crippen molar-refractivity contribution in [3.63, 3.8) is 0 Å². The van der Waals surface area contributed by atoms with Crippen molar-refractivity contribution in [3.8, 4) is 0 Å². The highest BCUT2D eigenvalue weighted by Crippen LogP contribution is 2.25. The first-order chi connectivity index (χ1) is 11.4. The quantitative estimate of drug-likeness (QED) is 0.726. The second-order valence-electron chi connectivity index (χ2n) is 5.52. The molecular weight excluding hydrogens is 314 g/mol. The van der Waals surface area contributed by atoms with E-state index in [1.54, 1.807) is 12.1 Å². The van der Waals surface area contributed by atoms with Gasteiger partial charge in [-0.3, -0.25) is 9.59 Å². The summed E-state index contributed by atoms with van der Waals surface area (Å²) in [5, 5.41) is 0.679. The number of carbonyl (C=O) groups is 1. The van der Waals surface area contributed by atoms with Gasteiger partial charge in [0.1, 0.15) is 0 Å². The first kappa shape index (κ1) is 16.0. The number of nitrogens with two attached hydrogens (primary N) is 1. The van der Waals surface area contributed by atoms with Crippen LogP contribution < -0.4 is 11.3 Å². The van der Waals surface area contributed by atoms with Crippen molar-refractivity contribution in [1.29, 1.82) is 0 Å². The molecule has 0 amide bonds. The maximum Gasteiger partial charge on any atom is 0.255 e. The van der Waals surface area contributed by atoms with Gasteiger partial charge in [-0.1, -0.05) is 18.2 Å². The molecule has 4 nitrogen and oxygen atoms in total. The van der Waals surface area contributed by atoms with E-state index in [2.05, 4.69) is 4.98 Å². The van der Waals surface area contributed by atoms with Crippen LogP contribution in [0.25, 0.3) is 10.8 Å². The normalized spacial score (nSPS) is 12.3. The number of pyridine rings is 1. The van der Waals surface area contributed by atoms with Gasteiger partial charge in [-0.15, -0.1) is 0 Å². The number of hydrogen-bond acceptors (Lipinski definition) is 3. The van der Waals surface area contributed by atoms with E-state index in [9.17, 15) is 18.4 Å². The van der Waals surface area contributed by atoms with E-state index < -0.39 is 29.0 Å². The summed E-state index contributed by atoms with van der Waals surface area (Å²) in [7, 11) is 0. The Kier molecular flexibility index (Phi) is 3.99. The Morgan fingerprint density at radius 1 is 1.04 bits per heavy atom. The fourth-order valence-electron chi connectivity index (χ4n) is 2.66. The van der Waals surface area contributed by atoms with Gasteiger partial charge in [0.25, 0.3) is 5.56 Å². The highest BCUT2D eigenvalue weighted by molar-refractivity contribution is 6.16. The fourth-order valence-corrected chi connectivity index (χ4v) is 2.66. The summed E-state index contributed by atoms with van der Waals surface area (Å²) in [5.74, 6) is -3.07. The molecule has 3 N–H and O–H groups in total. The molecule has 2 aromatic carbocycles. The van der Waals surface area contributed by atoms with Crippen molar-refractivity contribution in [3.05, 3.63) is 81.3 Å². The lowest BCUT2D eigenvalue weighted by atomic mass is 9.96. The van der Waals surface area contributed by atoms with Gasteiger partial charge in [0.2, 0.25) is 0 Å². The van der Waals surface area contributed by atoms with Crippen molar-refractivity contribution in [1.82, 2.24) is 4.98 Å². The van der Waals surface area contributed by atoms with E-state index in [0.717, 1.165) is 0 Å². The highest BCUT2D eigenvalue weighted by atomic mass is 19.2. The monoisotopic (exact) mass is 328 g/mol. The molecule has 0 saturated heterocycles. The van der Waals surface area contributed by atoms with Crippen LogP contribution >= 0.6 is 0 Å². The Labute approximate surface area is 135 Å². The highest BCUT2D eigenvalue weighted by Gasteiger charge is 2.22. The Balaban J connectivity index is 2.19. The SMILES string of the molecule is CC(N)c1ccc(C(=O)c2cccc3c(=O)[nH]ccc23)c(F)c1F. The van der Waals surface area contributed by atoms with Crippen LogP contribution in [0.4, 0.5) is 8.78 Å². The molecule has 0 fully saturated rings. The summed E-state index contributed by atoms with van der Waals surface area (Å²) < 4.78 is 28.4. The third kappa shape index (κ3) is 2.51. The lowest BCUT2D eigenvalue weighted by Crippen LogP contribution is -2.13. The summed E-state index contributed by atoms with van der Waals surface area (Å²) in [6, 6.07) is 7.92. The van der Waals surface area contributed by atoms with E-state index in [0.29, 0.717) is 10.8 Å². The van der Waals surface area contributed by atoms with E-state index in [4.69, 9.17) is 5.73 Å². The second kappa shape index (κ2) is 5.98. The summed E-state index contributed by atoms with van der Waals surface area (Å²) in [6.45, 7) is 1.52. The molecule has 3 rings (SSSR count). The fraction of sp³-hybridized carbons (Fsp3) is 0.111. The first-order valence-electron chi connectivity index (χ1n) is 7.30. The van der Waals surface area contributed by atoms with Gasteiger partial charge >= 0.3 is 0 Å². The predicted molar refractivity (Wildman–Crippen MR) is 87.0 cm³/mol. The number of nitrogens with one attached hydrogen (secondary N) is 1. The van der Waals surface area contributed by atoms with Crippen molar-refractivity contribution in [2.75, 3.05) is 0 Å². The van der Waals surface area contributed by atoms with E-state index >= 15 is 0 Å². The van der Waals surface area contributed by atoms with Crippen LogP contribution in [0.15, 0.2) is 47.4 Å². The maximum atomic E-state index is 14.3. The molecule has 0 aliphatic rings. The predicted octanol–water partition coefficient (Wildman–Crippen LogP) is 3.06. The first-order valence-corrected chi connectivity index (χ1v) is 7.30. The molecule has 1 atom stereocenters. The van der Waals surface area contributed by atoms with Crippen molar-refractivity contribution in [2.24, 2.45) is 5.73 Å². The Morgan fingerprint density at radius 2 is 1.79 bits per heavy atom. The maximum absolute atomic E-state index is 14.3. The Hall–Kier alpha value is -2.86. The number of ketones is 1. The summed E-state index contributed by atoms with van der Waals surface area (Å²) in [6.07, 6.45) is 1.40. The van der Waals surface area contributed by atoms with Gasteiger partial charge in [-0.05, 0) is 30.5 Å². The lowest BCUT2D eigenvalue weighted by molar-refractivity contribution is 0.103. The zero-order valence-corrected chi connectivity index (χ0v) is 12.8. The molecular formula is C18H14F2N2O2. The molecule has 0 spiro atoms. The second-order valence-corrected chi connectivity index (χ2v) is 5.52. The number of aromatic nitrogens is 1.